The van der Waals surface area contributed by atoms with Gasteiger partial charge in [-0.05, 0) is 17.5 Å². The number of benzene rings is 1. The number of aromatic amines is 1. The molecule has 0 fully saturated rings. The molecule has 0 aliphatic heterocycles. The lowest BCUT2D eigenvalue weighted by Crippen LogP contribution is -2.02. The van der Waals surface area contributed by atoms with Crippen LogP contribution >= 0.6 is 11.6 Å². The Morgan fingerprint density at radius 3 is 2.85 bits per heavy atom. The normalized spacial score (nSPS) is 10.6. The minimum absolute atomic E-state index is 0.269. The number of H-pyrrole nitrogens is 1. The summed E-state index contributed by atoms with van der Waals surface area (Å²) in [5.74, 6) is -0.432. The summed E-state index contributed by atoms with van der Waals surface area (Å²) in [6.45, 7) is 0. The summed E-state index contributed by atoms with van der Waals surface area (Å²) in [4.78, 5) is 13.3. The highest BCUT2D eigenvalue weighted by molar-refractivity contribution is 6.31. The zero-order valence-electron chi connectivity index (χ0n) is 6.47. The van der Waals surface area contributed by atoms with Crippen molar-refractivity contribution in [3.8, 4) is 0 Å². The molecule has 0 aliphatic carbocycles. The first-order chi connectivity index (χ1) is 6.16. The summed E-state index contributed by atoms with van der Waals surface area (Å²) in [5, 5.41) is 1.16. The Bertz CT molecular complexity index is 520. The van der Waals surface area contributed by atoms with Gasteiger partial charge in [-0.3, -0.25) is 4.79 Å². The monoisotopic (exact) mass is 197 g/mol. The summed E-state index contributed by atoms with van der Waals surface area (Å²) in [7, 11) is 0. The molecule has 2 rings (SSSR count). The van der Waals surface area contributed by atoms with Gasteiger partial charge in [-0.15, -0.1) is 0 Å². The van der Waals surface area contributed by atoms with Crippen LogP contribution in [-0.2, 0) is 0 Å². The van der Waals surface area contributed by atoms with Crippen LogP contribution in [-0.4, -0.2) is 4.98 Å². The van der Waals surface area contributed by atoms with Gasteiger partial charge in [0.05, 0.1) is 0 Å². The van der Waals surface area contributed by atoms with Crippen molar-refractivity contribution in [3.63, 3.8) is 0 Å². The van der Waals surface area contributed by atoms with Crippen LogP contribution in [0.3, 0.4) is 0 Å². The predicted octanol–water partition coefficient (Wildman–Crippen LogP) is 2.32. The lowest BCUT2D eigenvalue weighted by molar-refractivity contribution is 0.639. The number of pyridine rings is 1. The number of nitrogens with one attached hydrogen (secondary N) is 1. The fourth-order valence-electron chi connectivity index (χ4n) is 1.20. The number of halogens is 2. The molecule has 0 spiro atoms. The van der Waals surface area contributed by atoms with Crippen LogP contribution in [0.25, 0.3) is 10.8 Å². The molecule has 1 aromatic heterocycles. The standard InChI is InChI=1S/C9H5ClFNO/c10-6-1-5-2-9(13)12-4-7(5)8(11)3-6/h1-4H,(H,12,13). The van der Waals surface area contributed by atoms with Crippen LogP contribution in [0.2, 0.25) is 5.02 Å². The maximum atomic E-state index is 13.2. The first kappa shape index (κ1) is 8.26. The van der Waals surface area contributed by atoms with Gasteiger partial charge in [0, 0.05) is 22.7 Å². The van der Waals surface area contributed by atoms with Gasteiger partial charge in [-0.25, -0.2) is 4.39 Å². The smallest absolute Gasteiger partial charge is 0.248 e. The second kappa shape index (κ2) is 2.85. The molecule has 0 saturated heterocycles. The minimum atomic E-state index is -0.432. The molecule has 1 heterocycles. The lowest BCUT2D eigenvalue weighted by Gasteiger charge is -1.98. The van der Waals surface area contributed by atoms with Crippen molar-refractivity contribution in [2.24, 2.45) is 0 Å². The van der Waals surface area contributed by atoms with Crippen LogP contribution < -0.4 is 5.56 Å². The Balaban J connectivity index is 2.94. The van der Waals surface area contributed by atoms with Crippen molar-refractivity contribution < 1.29 is 4.39 Å². The fraction of sp³-hybridized carbons (Fsp3) is 0. The Kier molecular flexibility index (Phi) is 1.81. The molecule has 1 aromatic carbocycles. The van der Waals surface area contributed by atoms with Crippen molar-refractivity contribution in [3.05, 3.63) is 45.6 Å². The molecule has 0 saturated carbocycles. The highest BCUT2D eigenvalue weighted by Gasteiger charge is 2.02. The van der Waals surface area contributed by atoms with Gasteiger partial charge in [-0.1, -0.05) is 11.6 Å². The van der Waals surface area contributed by atoms with E-state index in [0.29, 0.717) is 10.8 Å². The van der Waals surface area contributed by atoms with E-state index in [-0.39, 0.29) is 10.6 Å². The molecule has 66 valence electrons. The fourth-order valence-corrected chi connectivity index (χ4v) is 1.42. The molecular weight excluding hydrogens is 193 g/mol. The van der Waals surface area contributed by atoms with Crippen molar-refractivity contribution in [1.82, 2.24) is 4.98 Å². The van der Waals surface area contributed by atoms with Crippen molar-refractivity contribution in [2.75, 3.05) is 0 Å². The minimum Gasteiger partial charge on any atom is -0.328 e. The van der Waals surface area contributed by atoms with E-state index in [9.17, 15) is 9.18 Å². The quantitative estimate of drug-likeness (QED) is 0.691. The Morgan fingerprint density at radius 2 is 2.08 bits per heavy atom. The molecule has 0 aliphatic rings. The third kappa shape index (κ3) is 1.42. The van der Waals surface area contributed by atoms with Crippen LogP contribution in [0.4, 0.5) is 4.39 Å². The van der Waals surface area contributed by atoms with E-state index in [0.717, 1.165) is 0 Å². The van der Waals surface area contributed by atoms with Gasteiger partial charge in [0.2, 0.25) is 5.56 Å². The van der Waals surface area contributed by atoms with Crippen LogP contribution in [0.15, 0.2) is 29.2 Å². The molecule has 4 heteroatoms. The number of aromatic nitrogens is 1. The van der Waals surface area contributed by atoms with Gasteiger partial charge < -0.3 is 4.98 Å². The highest BCUT2D eigenvalue weighted by atomic mass is 35.5. The second-order valence-corrected chi connectivity index (χ2v) is 3.12. The van der Waals surface area contributed by atoms with E-state index in [1.807, 2.05) is 0 Å². The summed E-state index contributed by atoms with van der Waals surface area (Å²) < 4.78 is 13.2. The van der Waals surface area contributed by atoms with Crippen LogP contribution in [0.5, 0.6) is 0 Å². The zero-order valence-corrected chi connectivity index (χ0v) is 7.23. The number of hydrogen-bond acceptors (Lipinski definition) is 1. The Labute approximate surface area is 78.0 Å². The summed E-state index contributed by atoms with van der Waals surface area (Å²) in [5.41, 5.74) is -0.269. The van der Waals surface area contributed by atoms with E-state index in [1.165, 1.54) is 18.3 Å². The lowest BCUT2D eigenvalue weighted by atomic mass is 10.2. The molecule has 0 amide bonds. The van der Waals surface area contributed by atoms with E-state index in [1.54, 1.807) is 6.07 Å². The van der Waals surface area contributed by atoms with Gasteiger partial charge in [-0.2, -0.15) is 0 Å². The van der Waals surface area contributed by atoms with Gasteiger partial charge in [0.25, 0.3) is 0 Å². The summed E-state index contributed by atoms with van der Waals surface area (Å²) >= 11 is 5.62. The van der Waals surface area contributed by atoms with E-state index in [4.69, 9.17) is 11.6 Å². The average molecular weight is 198 g/mol. The molecule has 0 unspecified atom stereocenters. The third-order valence-corrected chi connectivity index (χ3v) is 1.99. The molecule has 13 heavy (non-hydrogen) atoms. The predicted molar refractivity (Wildman–Crippen MR) is 49.5 cm³/mol. The van der Waals surface area contributed by atoms with Crippen molar-refractivity contribution in [2.45, 2.75) is 0 Å². The highest BCUT2D eigenvalue weighted by Crippen LogP contribution is 2.20. The summed E-state index contributed by atoms with van der Waals surface area (Å²) in [6.07, 6.45) is 1.34. The van der Waals surface area contributed by atoms with Gasteiger partial charge in [0.15, 0.2) is 0 Å². The largest absolute Gasteiger partial charge is 0.328 e. The van der Waals surface area contributed by atoms with Crippen LogP contribution in [0.1, 0.15) is 0 Å². The Morgan fingerprint density at radius 1 is 1.31 bits per heavy atom. The molecule has 0 bridgehead atoms. The number of fused-ring (bicyclic) bond motifs is 1. The average Bonchev–Trinajstić information content (AvgIpc) is 2.02. The van der Waals surface area contributed by atoms with Gasteiger partial charge in [0.1, 0.15) is 5.82 Å². The molecule has 0 radical (unpaired) electrons. The molecule has 2 aromatic rings. The number of hydrogen-bond donors (Lipinski definition) is 1. The zero-order chi connectivity index (χ0) is 9.42. The molecular formula is C9H5ClFNO. The topological polar surface area (TPSA) is 32.9 Å². The number of rotatable bonds is 0. The molecule has 2 nitrogen and oxygen atoms in total. The first-order valence-corrected chi connectivity index (χ1v) is 4.02. The molecule has 0 atom stereocenters. The Hall–Kier alpha value is -1.35. The van der Waals surface area contributed by atoms with Crippen LogP contribution in [0, 0.1) is 5.82 Å². The van der Waals surface area contributed by atoms with E-state index >= 15 is 0 Å². The SMILES string of the molecule is O=c1cc2cc(Cl)cc(F)c2c[nH]1. The van der Waals surface area contributed by atoms with Crippen molar-refractivity contribution in [1.29, 1.82) is 0 Å². The van der Waals surface area contributed by atoms with Crippen molar-refractivity contribution >= 4 is 22.4 Å². The maximum Gasteiger partial charge on any atom is 0.248 e. The second-order valence-electron chi connectivity index (χ2n) is 2.69. The first-order valence-electron chi connectivity index (χ1n) is 3.64. The van der Waals surface area contributed by atoms with E-state index in [2.05, 4.69) is 4.98 Å². The van der Waals surface area contributed by atoms with Gasteiger partial charge >= 0.3 is 0 Å². The summed E-state index contributed by atoms with van der Waals surface area (Å²) in [6, 6.07) is 4.07. The maximum absolute atomic E-state index is 13.2. The molecule has 1 N–H and O–H groups in total. The third-order valence-electron chi connectivity index (χ3n) is 1.77. The van der Waals surface area contributed by atoms with E-state index < -0.39 is 5.82 Å².